The Labute approximate surface area is 88.1 Å². The SMILES string of the molecule is CN(C)Cc1coc2ccc(Cl)cc12. The first-order valence-corrected chi connectivity index (χ1v) is 4.85. The van der Waals surface area contributed by atoms with Crippen LogP contribution in [-0.4, -0.2) is 19.0 Å². The lowest BCUT2D eigenvalue weighted by Crippen LogP contribution is -2.09. The summed E-state index contributed by atoms with van der Waals surface area (Å²) < 4.78 is 5.42. The Balaban J connectivity index is 2.50. The van der Waals surface area contributed by atoms with Gasteiger partial charge in [0.2, 0.25) is 0 Å². The van der Waals surface area contributed by atoms with Gasteiger partial charge in [-0.15, -0.1) is 0 Å². The lowest BCUT2D eigenvalue weighted by molar-refractivity contribution is 0.401. The number of hydrogen-bond acceptors (Lipinski definition) is 2. The van der Waals surface area contributed by atoms with Gasteiger partial charge in [0.15, 0.2) is 0 Å². The van der Waals surface area contributed by atoms with Crippen LogP contribution >= 0.6 is 11.6 Å². The molecular formula is C11H12ClNO. The van der Waals surface area contributed by atoms with Crippen molar-refractivity contribution in [2.24, 2.45) is 0 Å². The first kappa shape index (κ1) is 9.56. The minimum atomic E-state index is 0.749. The summed E-state index contributed by atoms with van der Waals surface area (Å²) in [7, 11) is 4.06. The Kier molecular flexibility index (Phi) is 2.48. The minimum Gasteiger partial charge on any atom is -0.464 e. The zero-order valence-corrected chi connectivity index (χ0v) is 9.01. The van der Waals surface area contributed by atoms with Gasteiger partial charge in [-0.1, -0.05) is 11.6 Å². The topological polar surface area (TPSA) is 16.4 Å². The van der Waals surface area contributed by atoms with Crippen molar-refractivity contribution in [1.29, 1.82) is 0 Å². The van der Waals surface area contributed by atoms with Gasteiger partial charge in [-0.2, -0.15) is 0 Å². The zero-order valence-electron chi connectivity index (χ0n) is 8.25. The minimum absolute atomic E-state index is 0.749. The fraction of sp³-hybridized carbons (Fsp3) is 0.273. The van der Waals surface area contributed by atoms with Crippen molar-refractivity contribution < 1.29 is 4.42 Å². The van der Waals surface area contributed by atoms with E-state index in [1.807, 2.05) is 32.3 Å². The second-order valence-corrected chi connectivity index (χ2v) is 4.08. The lowest BCUT2D eigenvalue weighted by Gasteiger charge is -2.06. The molecule has 0 unspecified atom stereocenters. The summed E-state index contributed by atoms with van der Waals surface area (Å²) >= 11 is 5.93. The van der Waals surface area contributed by atoms with Crippen LogP contribution in [0.15, 0.2) is 28.9 Å². The van der Waals surface area contributed by atoms with Gasteiger partial charge in [0, 0.05) is 22.5 Å². The standard InChI is InChI=1S/C11H12ClNO/c1-13(2)6-8-7-14-11-4-3-9(12)5-10(8)11/h3-5,7H,6H2,1-2H3. The Morgan fingerprint density at radius 2 is 2.14 bits per heavy atom. The van der Waals surface area contributed by atoms with Crippen LogP contribution in [0.1, 0.15) is 5.56 Å². The molecule has 0 aliphatic carbocycles. The molecule has 0 spiro atoms. The highest BCUT2D eigenvalue weighted by molar-refractivity contribution is 6.31. The summed E-state index contributed by atoms with van der Waals surface area (Å²) in [5.74, 6) is 0. The van der Waals surface area contributed by atoms with Crippen molar-refractivity contribution in [1.82, 2.24) is 4.90 Å². The van der Waals surface area contributed by atoms with Gasteiger partial charge in [-0.25, -0.2) is 0 Å². The number of fused-ring (bicyclic) bond motifs is 1. The Hall–Kier alpha value is -0.990. The molecular weight excluding hydrogens is 198 g/mol. The molecule has 0 saturated heterocycles. The Morgan fingerprint density at radius 1 is 1.36 bits per heavy atom. The average molecular weight is 210 g/mol. The number of benzene rings is 1. The van der Waals surface area contributed by atoms with Crippen LogP contribution in [0.4, 0.5) is 0 Å². The molecule has 0 fully saturated rings. The molecule has 0 saturated carbocycles. The maximum atomic E-state index is 5.93. The fourth-order valence-corrected chi connectivity index (χ4v) is 1.69. The average Bonchev–Trinajstić information content (AvgIpc) is 2.47. The predicted molar refractivity (Wildman–Crippen MR) is 58.6 cm³/mol. The molecule has 74 valence electrons. The van der Waals surface area contributed by atoms with Crippen molar-refractivity contribution in [3.63, 3.8) is 0 Å². The highest BCUT2D eigenvalue weighted by Crippen LogP contribution is 2.25. The summed E-state index contributed by atoms with van der Waals surface area (Å²) in [6, 6.07) is 5.68. The second kappa shape index (κ2) is 3.64. The van der Waals surface area contributed by atoms with E-state index in [2.05, 4.69) is 4.90 Å². The van der Waals surface area contributed by atoms with Crippen molar-refractivity contribution >= 4 is 22.6 Å². The number of rotatable bonds is 2. The van der Waals surface area contributed by atoms with Crippen LogP contribution in [0.25, 0.3) is 11.0 Å². The number of furan rings is 1. The molecule has 0 N–H and O–H groups in total. The molecule has 14 heavy (non-hydrogen) atoms. The summed E-state index contributed by atoms with van der Waals surface area (Å²) in [5.41, 5.74) is 2.07. The van der Waals surface area contributed by atoms with Crippen molar-refractivity contribution in [3.05, 3.63) is 35.0 Å². The summed E-state index contributed by atoms with van der Waals surface area (Å²) in [5, 5.41) is 1.85. The van der Waals surface area contributed by atoms with Gasteiger partial charge in [-0.3, -0.25) is 0 Å². The monoisotopic (exact) mass is 209 g/mol. The van der Waals surface area contributed by atoms with Crippen LogP contribution in [0.5, 0.6) is 0 Å². The van der Waals surface area contributed by atoms with E-state index in [4.69, 9.17) is 16.0 Å². The third kappa shape index (κ3) is 1.76. The quantitative estimate of drug-likeness (QED) is 0.756. The normalized spacial score (nSPS) is 11.4. The molecule has 1 aromatic carbocycles. The molecule has 0 aliphatic rings. The largest absolute Gasteiger partial charge is 0.464 e. The molecule has 1 aromatic heterocycles. The zero-order chi connectivity index (χ0) is 10.1. The summed E-state index contributed by atoms with van der Waals surface area (Å²) in [6.45, 7) is 0.868. The molecule has 2 rings (SSSR count). The van der Waals surface area contributed by atoms with E-state index in [1.165, 1.54) is 5.56 Å². The highest BCUT2D eigenvalue weighted by atomic mass is 35.5. The van der Waals surface area contributed by atoms with Crippen molar-refractivity contribution in [2.45, 2.75) is 6.54 Å². The molecule has 0 radical (unpaired) electrons. The van der Waals surface area contributed by atoms with Gasteiger partial charge >= 0.3 is 0 Å². The summed E-state index contributed by atoms with van der Waals surface area (Å²) in [4.78, 5) is 2.10. The molecule has 1 heterocycles. The fourth-order valence-electron chi connectivity index (χ4n) is 1.52. The van der Waals surface area contributed by atoms with E-state index < -0.39 is 0 Å². The maximum Gasteiger partial charge on any atom is 0.134 e. The van der Waals surface area contributed by atoms with Crippen LogP contribution < -0.4 is 0 Å². The van der Waals surface area contributed by atoms with E-state index in [1.54, 1.807) is 6.26 Å². The second-order valence-electron chi connectivity index (χ2n) is 3.64. The third-order valence-corrected chi connectivity index (χ3v) is 2.34. The lowest BCUT2D eigenvalue weighted by atomic mass is 10.2. The number of halogens is 1. The van der Waals surface area contributed by atoms with Gasteiger partial charge < -0.3 is 9.32 Å². The number of hydrogen-bond donors (Lipinski definition) is 0. The van der Waals surface area contributed by atoms with Crippen LogP contribution in [-0.2, 0) is 6.54 Å². The van der Waals surface area contributed by atoms with Gasteiger partial charge in [0.1, 0.15) is 5.58 Å². The maximum absolute atomic E-state index is 5.93. The first-order valence-electron chi connectivity index (χ1n) is 4.47. The molecule has 3 heteroatoms. The smallest absolute Gasteiger partial charge is 0.134 e. The highest BCUT2D eigenvalue weighted by Gasteiger charge is 2.06. The van der Waals surface area contributed by atoms with Crippen LogP contribution in [0.2, 0.25) is 5.02 Å². The Morgan fingerprint density at radius 3 is 2.86 bits per heavy atom. The van der Waals surface area contributed by atoms with E-state index in [0.717, 1.165) is 22.5 Å². The van der Waals surface area contributed by atoms with Crippen LogP contribution in [0, 0.1) is 0 Å². The van der Waals surface area contributed by atoms with Crippen LogP contribution in [0.3, 0.4) is 0 Å². The molecule has 0 aliphatic heterocycles. The molecule has 2 aromatic rings. The van der Waals surface area contributed by atoms with E-state index in [-0.39, 0.29) is 0 Å². The molecule has 0 atom stereocenters. The van der Waals surface area contributed by atoms with Gasteiger partial charge in [0.05, 0.1) is 6.26 Å². The predicted octanol–water partition coefficient (Wildman–Crippen LogP) is 3.15. The van der Waals surface area contributed by atoms with Gasteiger partial charge in [0.25, 0.3) is 0 Å². The molecule has 2 nitrogen and oxygen atoms in total. The van der Waals surface area contributed by atoms with E-state index in [9.17, 15) is 0 Å². The van der Waals surface area contributed by atoms with E-state index in [0.29, 0.717) is 0 Å². The van der Waals surface area contributed by atoms with Gasteiger partial charge in [-0.05, 0) is 32.3 Å². The summed E-state index contributed by atoms with van der Waals surface area (Å²) in [6.07, 6.45) is 1.79. The molecule has 0 amide bonds. The Bertz CT molecular complexity index is 447. The van der Waals surface area contributed by atoms with E-state index >= 15 is 0 Å². The first-order chi connectivity index (χ1) is 6.66. The molecule has 0 bridgehead atoms. The van der Waals surface area contributed by atoms with Crippen molar-refractivity contribution in [3.8, 4) is 0 Å². The third-order valence-electron chi connectivity index (χ3n) is 2.10. The van der Waals surface area contributed by atoms with Crippen molar-refractivity contribution in [2.75, 3.05) is 14.1 Å². The number of nitrogens with zero attached hydrogens (tertiary/aromatic N) is 1.